The first-order chi connectivity index (χ1) is 12.8. The van der Waals surface area contributed by atoms with Crippen molar-refractivity contribution in [1.82, 2.24) is 10.3 Å². The first kappa shape index (κ1) is 18.7. The Bertz CT molecular complexity index is 954. The molecule has 1 heterocycles. The fourth-order valence-electron chi connectivity index (χ4n) is 2.64. The van der Waals surface area contributed by atoms with Crippen LogP contribution >= 0.6 is 0 Å². The lowest BCUT2D eigenvalue weighted by atomic mass is 10.1. The van der Waals surface area contributed by atoms with E-state index < -0.39 is 12.8 Å². The normalized spacial score (nSPS) is 11.4. The van der Waals surface area contributed by atoms with E-state index in [9.17, 15) is 18.0 Å². The summed E-state index contributed by atoms with van der Waals surface area (Å²) < 4.78 is 41.1. The van der Waals surface area contributed by atoms with Crippen LogP contribution in [0, 0.1) is 6.92 Å². The smallest absolute Gasteiger partial charge is 0.422 e. The predicted molar refractivity (Wildman–Crippen MR) is 95.6 cm³/mol. The highest BCUT2D eigenvalue weighted by Gasteiger charge is 2.28. The Labute approximate surface area is 154 Å². The Balaban J connectivity index is 1.66. The SMILES string of the molecule is Cc1cc(C(=O)NCc2ccc(OCC(F)(F)F)cc2)c2ccccc2n1. The van der Waals surface area contributed by atoms with Crippen molar-refractivity contribution in [2.24, 2.45) is 0 Å². The van der Waals surface area contributed by atoms with Gasteiger partial charge in [0.25, 0.3) is 5.91 Å². The summed E-state index contributed by atoms with van der Waals surface area (Å²) in [6.45, 7) is 0.731. The van der Waals surface area contributed by atoms with Crippen LogP contribution in [0.5, 0.6) is 5.75 Å². The molecule has 0 fully saturated rings. The molecule has 0 aliphatic rings. The van der Waals surface area contributed by atoms with Crippen molar-refractivity contribution in [3.63, 3.8) is 0 Å². The average Bonchev–Trinajstić information content (AvgIpc) is 2.64. The third-order valence-corrected chi connectivity index (χ3v) is 3.87. The molecule has 0 spiro atoms. The number of halogens is 3. The lowest BCUT2D eigenvalue weighted by Crippen LogP contribution is -2.23. The first-order valence-electron chi connectivity index (χ1n) is 8.25. The Morgan fingerprint density at radius 1 is 1.11 bits per heavy atom. The van der Waals surface area contributed by atoms with Gasteiger partial charge in [-0.3, -0.25) is 9.78 Å². The standard InChI is InChI=1S/C20H17F3N2O2/c1-13-10-17(16-4-2-3-5-18(16)25-13)19(26)24-11-14-6-8-15(9-7-14)27-12-20(21,22)23/h2-10H,11-12H2,1H3,(H,24,26). The first-order valence-corrected chi connectivity index (χ1v) is 8.25. The summed E-state index contributed by atoms with van der Waals surface area (Å²) in [5.74, 6) is -0.118. The number of alkyl halides is 3. The van der Waals surface area contributed by atoms with Gasteiger partial charge in [0.1, 0.15) is 5.75 Å². The molecule has 7 heteroatoms. The zero-order valence-corrected chi connectivity index (χ0v) is 14.5. The second-order valence-corrected chi connectivity index (χ2v) is 6.06. The van der Waals surface area contributed by atoms with Gasteiger partial charge in [0.05, 0.1) is 11.1 Å². The Morgan fingerprint density at radius 2 is 1.81 bits per heavy atom. The van der Waals surface area contributed by atoms with E-state index in [-0.39, 0.29) is 18.2 Å². The molecule has 3 aromatic rings. The van der Waals surface area contributed by atoms with E-state index in [1.54, 1.807) is 18.2 Å². The van der Waals surface area contributed by atoms with E-state index >= 15 is 0 Å². The number of amides is 1. The number of rotatable bonds is 5. The molecule has 1 N–H and O–H groups in total. The van der Waals surface area contributed by atoms with Gasteiger partial charge in [-0.1, -0.05) is 30.3 Å². The van der Waals surface area contributed by atoms with Gasteiger partial charge in [-0.15, -0.1) is 0 Å². The second kappa shape index (κ2) is 7.65. The number of hydrogen-bond acceptors (Lipinski definition) is 3. The molecule has 0 unspecified atom stereocenters. The molecular weight excluding hydrogens is 357 g/mol. The Kier molecular flexibility index (Phi) is 5.30. The quantitative estimate of drug-likeness (QED) is 0.720. The average molecular weight is 374 g/mol. The molecule has 1 aromatic heterocycles. The summed E-state index contributed by atoms with van der Waals surface area (Å²) in [7, 11) is 0. The highest BCUT2D eigenvalue weighted by molar-refractivity contribution is 6.06. The van der Waals surface area contributed by atoms with Gasteiger partial charge < -0.3 is 10.1 Å². The monoisotopic (exact) mass is 374 g/mol. The zero-order valence-electron chi connectivity index (χ0n) is 14.5. The van der Waals surface area contributed by atoms with Crippen LogP contribution in [-0.4, -0.2) is 23.7 Å². The number of nitrogens with zero attached hydrogens (tertiary/aromatic N) is 1. The van der Waals surface area contributed by atoms with E-state index in [4.69, 9.17) is 0 Å². The second-order valence-electron chi connectivity index (χ2n) is 6.06. The van der Waals surface area contributed by atoms with Gasteiger partial charge in [-0.25, -0.2) is 0 Å². The van der Waals surface area contributed by atoms with E-state index in [1.165, 1.54) is 12.1 Å². The molecule has 27 heavy (non-hydrogen) atoms. The molecule has 0 bridgehead atoms. The zero-order chi connectivity index (χ0) is 19.4. The summed E-state index contributed by atoms with van der Waals surface area (Å²) >= 11 is 0. The molecule has 0 saturated heterocycles. The number of aromatic nitrogens is 1. The number of benzene rings is 2. The highest BCUT2D eigenvalue weighted by atomic mass is 19.4. The van der Waals surface area contributed by atoms with E-state index in [0.29, 0.717) is 5.56 Å². The van der Waals surface area contributed by atoms with Gasteiger partial charge in [-0.05, 0) is 36.8 Å². The summed E-state index contributed by atoms with van der Waals surface area (Å²) in [6.07, 6.45) is -4.38. The molecular formula is C20H17F3N2O2. The van der Waals surface area contributed by atoms with Crippen LogP contribution in [0.25, 0.3) is 10.9 Å². The van der Waals surface area contributed by atoms with Crippen molar-refractivity contribution in [2.45, 2.75) is 19.6 Å². The summed E-state index contributed by atoms with van der Waals surface area (Å²) in [5.41, 5.74) is 2.76. The molecule has 140 valence electrons. The number of aryl methyl sites for hydroxylation is 1. The molecule has 3 rings (SSSR count). The minimum absolute atomic E-state index is 0.123. The number of hydrogen-bond donors (Lipinski definition) is 1. The molecule has 2 aromatic carbocycles. The summed E-state index contributed by atoms with van der Waals surface area (Å²) in [5, 5.41) is 3.58. The Morgan fingerprint density at radius 3 is 2.52 bits per heavy atom. The number of nitrogens with one attached hydrogen (secondary N) is 1. The lowest BCUT2D eigenvalue weighted by molar-refractivity contribution is -0.153. The summed E-state index contributed by atoms with van der Waals surface area (Å²) in [4.78, 5) is 17.0. The number of ether oxygens (including phenoxy) is 1. The van der Waals surface area contributed by atoms with Crippen LogP contribution < -0.4 is 10.1 Å². The van der Waals surface area contributed by atoms with Gasteiger partial charge in [0, 0.05) is 17.6 Å². The maximum Gasteiger partial charge on any atom is 0.422 e. The third-order valence-electron chi connectivity index (χ3n) is 3.87. The van der Waals surface area contributed by atoms with Gasteiger partial charge in [-0.2, -0.15) is 13.2 Å². The van der Waals surface area contributed by atoms with Crippen LogP contribution in [0.1, 0.15) is 21.6 Å². The molecule has 0 radical (unpaired) electrons. The van der Waals surface area contributed by atoms with Gasteiger partial charge in [0.2, 0.25) is 0 Å². The van der Waals surface area contributed by atoms with Crippen LogP contribution in [-0.2, 0) is 6.54 Å². The molecule has 0 aliphatic carbocycles. The van der Waals surface area contributed by atoms with E-state index in [2.05, 4.69) is 15.0 Å². The largest absolute Gasteiger partial charge is 0.484 e. The molecule has 0 saturated carbocycles. The van der Waals surface area contributed by atoms with Crippen molar-refractivity contribution in [3.05, 3.63) is 71.4 Å². The number of para-hydroxylation sites is 1. The molecule has 4 nitrogen and oxygen atoms in total. The topological polar surface area (TPSA) is 51.2 Å². The molecule has 1 amide bonds. The van der Waals surface area contributed by atoms with Gasteiger partial charge >= 0.3 is 6.18 Å². The molecule has 0 atom stereocenters. The fraction of sp³-hybridized carbons (Fsp3) is 0.200. The van der Waals surface area contributed by atoms with Crippen molar-refractivity contribution in [1.29, 1.82) is 0 Å². The minimum atomic E-state index is -4.38. The number of carbonyl (C=O) groups excluding carboxylic acids is 1. The minimum Gasteiger partial charge on any atom is -0.484 e. The van der Waals surface area contributed by atoms with Crippen LogP contribution in [0.3, 0.4) is 0 Å². The fourth-order valence-corrected chi connectivity index (χ4v) is 2.64. The summed E-state index contributed by atoms with van der Waals surface area (Å²) in [6, 6.07) is 15.2. The van der Waals surface area contributed by atoms with Crippen molar-refractivity contribution < 1.29 is 22.7 Å². The maximum absolute atomic E-state index is 12.6. The van der Waals surface area contributed by atoms with Crippen molar-refractivity contribution in [3.8, 4) is 5.75 Å². The van der Waals surface area contributed by atoms with Crippen molar-refractivity contribution in [2.75, 3.05) is 6.61 Å². The van der Waals surface area contributed by atoms with E-state index in [0.717, 1.165) is 22.2 Å². The third kappa shape index (κ3) is 4.97. The van der Waals surface area contributed by atoms with Crippen LogP contribution in [0.15, 0.2) is 54.6 Å². The lowest BCUT2D eigenvalue weighted by Gasteiger charge is -2.11. The highest BCUT2D eigenvalue weighted by Crippen LogP contribution is 2.20. The maximum atomic E-state index is 12.6. The van der Waals surface area contributed by atoms with Crippen LogP contribution in [0.2, 0.25) is 0 Å². The molecule has 0 aliphatic heterocycles. The van der Waals surface area contributed by atoms with Crippen molar-refractivity contribution >= 4 is 16.8 Å². The Hall–Kier alpha value is -3.09. The number of fused-ring (bicyclic) bond motifs is 1. The van der Waals surface area contributed by atoms with Crippen LogP contribution in [0.4, 0.5) is 13.2 Å². The predicted octanol–water partition coefficient (Wildman–Crippen LogP) is 4.41. The van der Waals surface area contributed by atoms with Gasteiger partial charge in [0.15, 0.2) is 6.61 Å². The number of pyridine rings is 1. The number of carbonyl (C=O) groups is 1. The van der Waals surface area contributed by atoms with E-state index in [1.807, 2.05) is 31.2 Å².